The maximum Gasteiger partial charge on any atom is 0.411 e. The van der Waals surface area contributed by atoms with E-state index in [1.807, 2.05) is 49.4 Å². The van der Waals surface area contributed by atoms with Crippen molar-refractivity contribution in [2.45, 2.75) is 16.7 Å². The Kier molecular flexibility index (Phi) is 4.41. The summed E-state index contributed by atoms with van der Waals surface area (Å²) in [5, 5.41) is 16.2. The Labute approximate surface area is 162 Å². The number of hydrogen-bond acceptors (Lipinski definition) is 4. The molecular weight excluding hydrogens is 358 g/mol. The van der Waals surface area contributed by atoms with Crippen LogP contribution in [0.3, 0.4) is 0 Å². The summed E-state index contributed by atoms with van der Waals surface area (Å²) in [5.74, 6) is 0. The van der Waals surface area contributed by atoms with Crippen molar-refractivity contribution in [3.8, 4) is 0 Å². The number of rotatable bonds is 3. The van der Waals surface area contributed by atoms with Gasteiger partial charge in [-0.15, -0.1) is 0 Å². The highest BCUT2D eigenvalue weighted by Crippen LogP contribution is 2.47. The molecule has 3 N–H and O–H groups in total. The molecule has 0 aromatic heterocycles. The van der Waals surface area contributed by atoms with Gasteiger partial charge in [0.2, 0.25) is 0 Å². The summed E-state index contributed by atoms with van der Waals surface area (Å²) < 4.78 is 0. The molecule has 0 bridgehead atoms. The third-order valence-electron chi connectivity index (χ3n) is 4.53. The molecule has 0 fully saturated rings. The number of para-hydroxylation sites is 2. The van der Waals surface area contributed by atoms with Crippen LogP contribution >= 0.6 is 11.8 Å². The molecule has 0 saturated carbocycles. The smallest absolute Gasteiger partial charge is 0.411 e. The van der Waals surface area contributed by atoms with Crippen LogP contribution in [0, 0.1) is 6.92 Å². The molecule has 3 aromatic carbocycles. The summed E-state index contributed by atoms with van der Waals surface area (Å²) >= 11 is 1.73. The maximum atomic E-state index is 11.3. The number of carboxylic acid groups (broad SMARTS) is 1. The number of aryl methyl sites for hydroxylation is 1. The van der Waals surface area contributed by atoms with Crippen molar-refractivity contribution in [3.63, 3.8) is 0 Å². The zero-order valence-corrected chi connectivity index (χ0v) is 15.8. The predicted molar refractivity (Wildman–Crippen MR) is 111 cm³/mol. The molecule has 136 valence electrons. The highest BCUT2D eigenvalue weighted by atomic mass is 32.2. The normalized spacial score (nSPS) is 11.8. The van der Waals surface area contributed by atoms with Crippen LogP contribution in [0.15, 0.2) is 70.5 Å². The standard InChI is InChI=1S/C21H19N3O2S/c1-13-10-11-14(12-17(13)24(2)21(25)26)22-16-7-5-9-19-20(16)23-15-6-3-4-8-18(15)27-19/h3-12,22-23H,1-2H3,(H,25,26). The minimum absolute atomic E-state index is 0.657. The van der Waals surface area contributed by atoms with Gasteiger partial charge in [0, 0.05) is 22.5 Å². The molecular formula is C21H19N3O2S. The zero-order valence-electron chi connectivity index (χ0n) is 15.0. The van der Waals surface area contributed by atoms with E-state index in [1.54, 1.807) is 18.8 Å². The molecule has 0 saturated heterocycles. The summed E-state index contributed by atoms with van der Waals surface area (Å²) in [6, 6.07) is 20.1. The quantitative estimate of drug-likeness (QED) is 0.405. The van der Waals surface area contributed by atoms with Gasteiger partial charge in [0.25, 0.3) is 0 Å². The van der Waals surface area contributed by atoms with Crippen molar-refractivity contribution < 1.29 is 9.90 Å². The largest absolute Gasteiger partial charge is 0.465 e. The first kappa shape index (κ1) is 17.3. The number of nitrogens with one attached hydrogen (secondary N) is 2. The number of fused-ring (bicyclic) bond motifs is 2. The Morgan fingerprint density at radius 2 is 1.85 bits per heavy atom. The molecule has 4 rings (SSSR count). The second kappa shape index (κ2) is 6.89. The van der Waals surface area contributed by atoms with Crippen LogP contribution in [-0.2, 0) is 0 Å². The van der Waals surface area contributed by atoms with E-state index in [4.69, 9.17) is 0 Å². The van der Waals surface area contributed by atoms with E-state index in [2.05, 4.69) is 28.8 Å². The van der Waals surface area contributed by atoms with Crippen LogP contribution in [0.4, 0.5) is 33.2 Å². The highest BCUT2D eigenvalue weighted by molar-refractivity contribution is 7.99. The molecule has 3 aromatic rings. The lowest BCUT2D eigenvalue weighted by Crippen LogP contribution is -2.24. The average molecular weight is 377 g/mol. The van der Waals surface area contributed by atoms with Crippen LogP contribution in [-0.4, -0.2) is 18.2 Å². The van der Waals surface area contributed by atoms with Crippen molar-refractivity contribution in [1.82, 2.24) is 0 Å². The first-order chi connectivity index (χ1) is 13.0. The Bertz CT molecular complexity index is 1040. The van der Waals surface area contributed by atoms with Crippen molar-refractivity contribution in [3.05, 3.63) is 66.2 Å². The minimum atomic E-state index is -0.984. The second-order valence-electron chi connectivity index (χ2n) is 6.37. The molecule has 0 aliphatic carbocycles. The first-order valence-corrected chi connectivity index (χ1v) is 9.36. The Morgan fingerprint density at radius 3 is 2.67 bits per heavy atom. The summed E-state index contributed by atoms with van der Waals surface area (Å²) in [7, 11) is 1.55. The van der Waals surface area contributed by atoms with E-state index in [9.17, 15) is 9.90 Å². The van der Waals surface area contributed by atoms with Gasteiger partial charge in [-0.25, -0.2) is 4.79 Å². The highest BCUT2D eigenvalue weighted by Gasteiger charge is 2.18. The van der Waals surface area contributed by atoms with E-state index in [0.29, 0.717) is 5.69 Å². The number of amides is 1. The van der Waals surface area contributed by atoms with Gasteiger partial charge < -0.3 is 15.7 Å². The van der Waals surface area contributed by atoms with Gasteiger partial charge in [0.15, 0.2) is 0 Å². The fourth-order valence-corrected chi connectivity index (χ4v) is 4.09. The van der Waals surface area contributed by atoms with E-state index in [0.717, 1.165) is 33.2 Å². The lowest BCUT2D eigenvalue weighted by atomic mass is 10.1. The fraction of sp³-hybridized carbons (Fsp3) is 0.0952. The predicted octanol–water partition coefficient (Wildman–Crippen LogP) is 6.06. The molecule has 1 heterocycles. The first-order valence-electron chi connectivity index (χ1n) is 8.54. The van der Waals surface area contributed by atoms with Gasteiger partial charge in [-0.2, -0.15) is 0 Å². The number of benzene rings is 3. The van der Waals surface area contributed by atoms with Crippen molar-refractivity contribution in [2.75, 3.05) is 22.6 Å². The van der Waals surface area contributed by atoms with E-state index < -0.39 is 6.09 Å². The molecule has 0 atom stereocenters. The third-order valence-corrected chi connectivity index (χ3v) is 5.67. The lowest BCUT2D eigenvalue weighted by Gasteiger charge is -2.24. The van der Waals surface area contributed by atoms with Crippen LogP contribution in [0.5, 0.6) is 0 Å². The van der Waals surface area contributed by atoms with Gasteiger partial charge in [-0.1, -0.05) is 36.0 Å². The second-order valence-corrected chi connectivity index (χ2v) is 7.45. The number of hydrogen-bond donors (Lipinski definition) is 3. The average Bonchev–Trinajstić information content (AvgIpc) is 2.67. The maximum absolute atomic E-state index is 11.3. The van der Waals surface area contributed by atoms with Crippen molar-refractivity contribution in [1.29, 1.82) is 0 Å². The van der Waals surface area contributed by atoms with Crippen molar-refractivity contribution >= 4 is 46.3 Å². The summed E-state index contributed by atoms with van der Waals surface area (Å²) in [6.45, 7) is 1.90. The monoisotopic (exact) mass is 377 g/mol. The molecule has 27 heavy (non-hydrogen) atoms. The molecule has 5 nitrogen and oxygen atoms in total. The Balaban J connectivity index is 1.67. The Hall–Kier alpha value is -3.12. The molecule has 0 unspecified atom stereocenters. The number of nitrogens with zero attached hydrogens (tertiary/aromatic N) is 1. The zero-order chi connectivity index (χ0) is 19.0. The van der Waals surface area contributed by atoms with E-state index >= 15 is 0 Å². The van der Waals surface area contributed by atoms with Crippen LogP contribution in [0.1, 0.15) is 5.56 Å². The molecule has 1 aliphatic rings. The molecule has 1 aliphatic heterocycles. The molecule has 0 radical (unpaired) electrons. The minimum Gasteiger partial charge on any atom is -0.465 e. The van der Waals surface area contributed by atoms with Crippen molar-refractivity contribution in [2.24, 2.45) is 0 Å². The van der Waals surface area contributed by atoms with Gasteiger partial charge >= 0.3 is 6.09 Å². The third kappa shape index (κ3) is 3.31. The SMILES string of the molecule is Cc1ccc(Nc2cccc3c2Nc2ccccc2S3)cc1N(C)C(=O)O. The van der Waals surface area contributed by atoms with E-state index in [1.165, 1.54) is 9.80 Å². The number of anilines is 5. The molecule has 1 amide bonds. The topological polar surface area (TPSA) is 64.6 Å². The molecule has 6 heteroatoms. The lowest BCUT2D eigenvalue weighted by molar-refractivity contribution is 0.203. The van der Waals surface area contributed by atoms with Gasteiger partial charge in [-0.05, 0) is 48.9 Å². The van der Waals surface area contributed by atoms with Crippen LogP contribution < -0.4 is 15.5 Å². The summed E-state index contributed by atoms with van der Waals surface area (Å²) in [6.07, 6.45) is -0.984. The summed E-state index contributed by atoms with van der Waals surface area (Å²) in [5.41, 5.74) is 5.45. The van der Waals surface area contributed by atoms with Crippen LogP contribution in [0.25, 0.3) is 0 Å². The fourth-order valence-electron chi connectivity index (χ4n) is 3.07. The van der Waals surface area contributed by atoms with E-state index in [-0.39, 0.29) is 0 Å². The van der Waals surface area contributed by atoms with Gasteiger partial charge in [-0.3, -0.25) is 4.90 Å². The van der Waals surface area contributed by atoms with Gasteiger partial charge in [0.1, 0.15) is 0 Å². The molecule has 0 spiro atoms. The Morgan fingerprint density at radius 1 is 1.07 bits per heavy atom. The summed E-state index contributed by atoms with van der Waals surface area (Å²) in [4.78, 5) is 14.9. The number of carbonyl (C=O) groups is 1. The van der Waals surface area contributed by atoms with Gasteiger partial charge in [0.05, 0.1) is 22.7 Å². The van der Waals surface area contributed by atoms with Crippen LogP contribution in [0.2, 0.25) is 0 Å².